The van der Waals surface area contributed by atoms with Crippen molar-refractivity contribution in [1.29, 1.82) is 0 Å². The molecule has 1 saturated heterocycles. The summed E-state index contributed by atoms with van der Waals surface area (Å²) < 4.78 is 5.25. The van der Waals surface area contributed by atoms with Gasteiger partial charge in [0.1, 0.15) is 0 Å². The Morgan fingerprint density at radius 3 is 2.79 bits per heavy atom. The SMILES string of the molecule is COC[C@@H]1CC[C@H](C(=O)N2CCC(N(C)Cc3ccccc3)C2)C1. The zero-order valence-corrected chi connectivity index (χ0v) is 15.0. The molecule has 3 rings (SSSR count). The van der Waals surface area contributed by atoms with Crippen LogP contribution in [0.1, 0.15) is 31.2 Å². The number of likely N-dealkylation sites (N-methyl/N-ethyl adjacent to an activating group) is 1. The summed E-state index contributed by atoms with van der Waals surface area (Å²) in [6.07, 6.45) is 4.26. The predicted molar refractivity (Wildman–Crippen MR) is 95.6 cm³/mol. The van der Waals surface area contributed by atoms with Gasteiger partial charge in [0.25, 0.3) is 0 Å². The molecule has 0 aromatic heterocycles. The Bertz CT molecular complexity index is 534. The maximum Gasteiger partial charge on any atom is 0.225 e. The van der Waals surface area contributed by atoms with Crippen molar-refractivity contribution in [2.24, 2.45) is 11.8 Å². The molecule has 1 unspecified atom stereocenters. The minimum atomic E-state index is 0.225. The largest absolute Gasteiger partial charge is 0.384 e. The molecule has 4 heteroatoms. The first-order valence-corrected chi connectivity index (χ1v) is 9.19. The van der Waals surface area contributed by atoms with Crippen LogP contribution < -0.4 is 0 Å². The molecule has 3 atom stereocenters. The number of hydrogen-bond acceptors (Lipinski definition) is 3. The van der Waals surface area contributed by atoms with Gasteiger partial charge in [-0.25, -0.2) is 0 Å². The number of likely N-dealkylation sites (tertiary alicyclic amines) is 1. The van der Waals surface area contributed by atoms with Crippen LogP contribution in [-0.4, -0.2) is 55.6 Å². The van der Waals surface area contributed by atoms with Crippen LogP contribution in [0.3, 0.4) is 0 Å². The van der Waals surface area contributed by atoms with Crippen molar-refractivity contribution in [1.82, 2.24) is 9.80 Å². The van der Waals surface area contributed by atoms with E-state index in [1.54, 1.807) is 7.11 Å². The molecule has 132 valence electrons. The fourth-order valence-corrected chi connectivity index (χ4v) is 4.25. The Hall–Kier alpha value is -1.39. The zero-order valence-electron chi connectivity index (χ0n) is 15.0. The number of nitrogens with zero attached hydrogens (tertiary/aromatic N) is 2. The summed E-state index contributed by atoms with van der Waals surface area (Å²) in [4.78, 5) is 17.3. The van der Waals surface area contributed by atoms with E-state index in [1.807, 2.05) is 0 Å². The second-order valence-corrected chi connectivity index (χ2v) is 7.46. The summed E-state index contributed by atoms with van der Waals surface area (Å²) in [5.74, 6) is 1.18. The molecule has 1 aromatic rings. The molecular weight excluding hydrogens is 300 g/mol. The van der Waals surface area contributed by atoms with Gasteiger partial charge in [0.15, 0.2) is 0 Å². The highest BCUT2D eigenvalue weighted by Crippen LogP contribution is 2.33. The number of benzene rings is 1. The van der Waals surface area contributed by atoms with Gasteiger partial charge in [-0.05, 0) is 44.2 Å². The molecule has 2 aliphatic rings. The number of rotatable bonds is 6. The second-order valence-electron chi connectivity index (χ2n) is 7.46. The molecule has 0 N–H and O–H groups in total. The summed E-state index contributed by atoms with van der Waals surface area (Å²) in [7, 11) is 3.93. The Morgan fingerprint density at radius 2 is 2.04 bits per heavy atom. The van der Waals surface area contributed by atoms with E-state index >= 15 is 0 Å². The lowest BCUT2D eigenvalue weighted by molar-refractivity contribution is -0.134. The van der Waals surface area contributed by atoms with Crippen molar-refractivity contribution in [2.45, 2.75) is 38.3 Å². The topological polar surface area (TPSA) is 32.8 Å². The highest BCUT2D eigenvalue weighted by Gasteiger charge is 2.36. The first kappa shape index (κ1) is 17.4. The van der Waals surface area contributed by atoms with Gasteiger partial charge in [-0.1, -0.05) is 30.3 Å². The van der Waals surface area contributed by atoms with Crippen molar-refractivity contribution in [2.75, 3.05) is 33.9 Å². The quantitative estimate of drug-likeness (QED) is 0.804. The molecule has 4 nitrogen and oxygen atoms in total. The van der Waals surface area contributed by atoms with Gasteiger partial charge >= 0.3 is 0 Å². The van der Waals surface area contributed by atoms with Crippen molar-refractivity contribution in [3.05, 3.63) is 35.9 Å². The van der Waals surface area contributed by atoms with Crippen LogP contribution in [-0.2, 0) is 16.1 Å². The fourth-order valence-electron chi connectivity index (χ4n) is 4.25. The second kappa shape index (κ2) is 8.13. The lowest BCUT2D eigenvalue weighted by atomic mass is 10.0. The Kier molecular flexibility index (Phi) is 5.90. The summed E-state index contributed by atoms with van der Waals surface area (Å²) in [6, 6.07) is 11.0. The molecule has 1 aliphatic carbocycles. The Balaban J connectivity index is 1.49. The zero-order chi connectivity index (χ0) is 16.9. The average molecular weight is 330 g/mol. The van der Waals surface area contributed by atoms with E-state index in [2.05, 4.69) is 47.2 Å². The molecule has 1 amide bonds. The van der Waals surface area contributed by atoms with Crippen molar-refractivity contribution in [3.8, 4) is 0 Å². The minimum absolute atomic E-state index is 0.225. The third kappa shape index (κ3) is 4.17. The van der Waals surface area contributed by atoms with Crippen molar-refractivity contribution >= 4 is 5.91 Å². The Morgan fingerprint density at radius 1 is 1.25 bits per heavy atom. The molecule has 0 bridgehead atoms. The summed E-state index contributed by atoms with van der Waals surface area (Å²) in [6.45, 7) is 3.54. The van der Waals surface area contributed by atoms with E-state index in [-0.39, 0.29) is 5.92 Å². The van der Waals surface area contributed by atoms with Crippen LogP contribution in [0.5, 0.6) is 0 Å². The smallest absolute Gasteiger partial charge is 0.225 e. The summed E-state index contributed by atoms with van der Waals surface area (Å²) >= 11 is 0. The molecule has 24 heavy (non-hydrogen) atoms. The molecule has 0 radical (unpaired) electrons. The summed E-state index contributed by atoms with van der Waals surface area (Å²) in [5.41, 5.74) is 1.34. The van der Waals surface area contributed by atoms with Crippen LogP contribution in [0.15, 0.2) is 30.3 Å². The minimum Gasteiger partial charge on any atom is -0.384 e. The highest BCUT2D eigenvalue weighted by atomic mass is 16.5. The van der Waals surface area contributed by atoms with E-state index in [4.69, 9.17) is 4.74 Å². The number of carbonyl (C=O) groups is 1. The molecule has 2 fully saturated rings. The van der Waals surface area contributed by atoms with Crippen LogP contribution in [0, 0.1) is 11.8 Å². The molecule has 1 heterocycles. The van der Waals surface area contributed by atoms with E-state index < -0.39 is 0 Å². The number of hydrogen-bond donors (Lipinski definition) is 0. The third-order valence-corrected chi connectivity index (χ3v) is 5.67. The lowest BCUT2D eigenvalue weighted by Crippen LogP contribution is -2.38. The number of ether oxygens (including phenoxy) is 1. The maximum absolute atomic E-state index is 12.8. The van der Waals surface area contributed by atoms with Crippen LogP contribution in [0.4, 0.5) is 0 Å². The number of methoxy groups -OCH3 is 1. The van der Waals surface area contributed by atoms with Crippen molar-refractivity contribution in [3.63, 3.8) is 0 Å². The van der Waals surface area contributed by atoms with Crippen LogP contribution in [0.25, 0.3) is 0 Å². The highest BCUT2D eigenvalue weighted by molar-refractivity contribution is 5.79. The van der Waals surface area contributed by atoms with E-state index in [0.29, 0.717) is 17.9 Å². The van der Waals surface area contributed by atoms with E-state index in [9.17, 15) is 4.79 Å². The number of carbonyl (C=O) groups excluding carboxylic acids is 1. The van der Waals surface area contributed by atoms with Crippen LogP contribution >= 0.6 is 0 Å². The van der Waals surface area contributed by atoms with Gasteiger partial charge in [0, 0.05) is 45.3 Å². The van der Waals surface area contributed by atoms with E-state index in [0.717, 1.165) is 51.9 Å². The van der Waals surface area contributed by atoms with Gasteiger partial charge in [-0.3, -0.25) is 9.69 Å². The van der Waals surface area contributed by atoms with Gasteiger partial charge < -0.3 is 9.64 Å². The van der Waals surface area contributed by atoms with Gasteiger partial charge in [0.05, 0.1) is 0 Å². The average Bonchev–Trinajstić information content (AvgIpc) is 3.25. The van der Waals surface area contributed by atoms with Crippen LogP contribution in [0.2, 0.25) is 0 Å². The molecule has 1 aliphatic heterocycles. The standard InChI is InChI=1S/C20H30N2O2/c1-21(13-16-6-4-3-5-7-16)19-10-11-22(14-19)20(23)18-9-8-17(12-18)15-24-2/h3-7,17-19H,8-15H2,1-2H3/t17-,18+,19?/m1/s1. The lowest BCUT2D eigenvalue weighted by Gasteiger charge is -2.25. The molecule has 1 aromatic carbocycles. The first-order chi connectivity index (χ1) is 11.7. The predicted octanol–water partition coefficient (Wildman–Crippen LogP) is 2.78. The van der Waals surface area contributed by atoms with Gasteiger partial charge in [-0.2, -0.15) is 0 Å². The normalized spacial score (nSPS) is 27.1. The fraction of sp³-hybridized carbons (Fsp3) is 0.650. The van der Waals surface area contributed by atoms with Crippen molar-refractivity contribution < 1.29 is 9.53 Å². The number of amides is 1. The summed E-state index contributed by atoms with van der Waals surface area (Å²) in [5, 5.41) is 0. The van der Waals surface area contributed by atoms with Gasteiger partial charge in [0.2, 0.25) is 5.91 Å². The van der Waals surface area contributed by atoms with E-state index in [1.165, 1.54) is 5.56 Å². The monoisotopic (exact) mass is 330 g/mol. The third-order valence-electron chi connectivity index (χ3n) is 5.67. The first-order valence-electron chi connectivity index (χ1n) is 9.19. The molecular formula is C20H30N2O2. The van der Waals surface area contributed by atoms with Gasteiger partial charge in [-0.15, -0.1) is 0 Å². The molecule has 1 saturated carbocycles. The maximum atomic E-state index is 12.8. The Labute approximate surface area is 145 Å². The molecule has 0 spiro atoms.